The van der Waals surface area contributed by atoms with Crippen molar-refractivity contribution in [3.05, 3.63) is 17.8 Å². The van der Waals surface area contributed by atoms with Crippen LogP contribution in [0.5, 0.6) is 0 Å². The summed E-state index contributed by atoms with van der Waals surface area (Å²) in [6.45, 7) is 2.04. The van der Waals surface area contributed by atoms with Crippen LogP contribution in [0, 0.1) is 0 Å². The van der Waals surface area contributed by atoms with Crippen LogP contribution in [0.25, 0.3) is 0 Å². The number of aryl methyl sites for hydroxylation is 2. The van der Waals surface area contributed by atoms with E-state index in [1.54, 1.807) is 6.26 Å². The number of rotatable bonds is 3. The minimum atomic E-state index is 0.573. The van der Waals surface area contributed by atoms with Crippen LogP contribution in [0.1, 0.15) is 18.5 Å². The highest BCUT2D eigenvalue weighted by molar-refractivity contribution is 6.17. The quantitative estimate of drug-likeness (QED) is 0.631. The molecule has 0 fully saturated rings. The average Bonchev–Trinajstić information content (AvgIpc) is 2.37. The van der Waals surface area contributed by atoms with Crippen molar-refractivity contribution in [2.24, 2.45) is 0 Å². The molecular formula is C7H10ClNO. The van der Waals surface area contributed by atoms with Crippen LogP contribution in [0.3, 0.4) is 0 Å². The van der Waals surface area contributed by atoms with Gasteiger partial charge in [-0.15, -0.1) is 11.6 Å². The molecule has 0 unspecified atom stereocenters. The minimum Gasteiger partial charge on any atom is -0.449 e. The van der Waals surface area contributed by atoms with Crippen molar-refractivity contribution in [3.63, 3.8) is 0 Å². The first-order chi connectivity index (χ1) is 4.86. The fourth-order valence-corrected chi connectivity index (χ4v) is 0.869. The van der Waals surface area contributed by atoms with Crippen molar-refractivity contribution in [3.8, 4) is 0 Å². The van der Waals surface area contributed by atoms with Crippen LogP contribution >= 0.6 is 11.6 Å². The Labute approximate surface area is 65.2 Å². The number of alkyl halides is 1. The Bertz CT molecular complexity index is 197. The highest BCUT2D eigenvalue weighted by atomic mass is 35.5. The number of oxazole rings is 1. The number of aromatic nitrogens is 1. The molecule has 0 aliphatic carbocycles. The fraction of sp³-hybridized carbons (Fsp3) is 0.571. The summed E-state index contributed by atoms with van der Waals surface area (Å²) in [5.74, 6) is 1.32. The molecule has 0 bridgehead atoms. The maximum absolute atomic E-state index is 5.49. The Morgan fingerprint density at radius 3 is 3.00 bits per heavy atom. The van der Waals surface area contributed by atoms with Gasteiger partial charge in [-0.05, 0) is 6.42 Å². The van der Waals surface area contributed by atoms with Gasteiger partial charge in [0.05, 0.1) is 5.69 Å². The third-order valence-corrected chi connectivity index (χ3v) is 1.46. The molecule has 0 aliphatic rings. The first-order valence-electron chi connectivity index (χ1n) is 3.36. The summed E-state index contributed by atoms with van der Waals surface area (Å²) in [6.07, 6.45) is 3.33. The van der Waals surface area contributed by atoms with Gasteiger partial charge in [-0.2, -0.15) is 0 Å². The molecule has 56 valence electrons. The molecule has 0 N–H and O–H groups in total. The van der Waals surface area contributed by atoms with Gasteiger partial charge in [-0.1, -0.05) is 6.92 Å². The van der Waals surface area contributed by atoms with Crippen LogP contribution < -0.4 is 0 Å². The highest BCUT2D eigenvalue weighted by Gasteiger charge is 1.99. The first kappa shape index (κ1) is 7.61. The van der Waals surface area contributed by atoms with Gasteiger partial charge >= 0.3 is 0 Å². The summed E-state index contributed by atoms with van der Waals surface area (Å²) in [5.41, 5.74) is 1.00. The molecule has 2 nitrogen and oxygen atoms in total. The van der Waals surface area contributed by atoms with E-state index >= 15 is 0 Å². The van der Waals surface area contributed by atoms with E-state index in [0.717, 1.165) is 24.4 Å². The maximum Gasteiger partial charge on any atom is 0.195 e. The van der Waals surface area contributed by atoms with E-state index in [-0.39, 0.29) is 0 Å². The van der Waals surface area contributed by atoms with Crippen LogP contribution in [0.4, 0.5) is 0 Å². The zero-order chi connectivity index (χ0) is 7.40. The molecule has 0 aliphatic heterocycles. The summed E-state index contributed by atoms with van der Waals surface area (Å²) in [4.78, 5) is 4.17. The summed E-state index contributed by atoms with van der Waals surface area (Å²) in [7, 11) is 0. The predicted octanol–water partition coefficient (Wildman–Crippen LogP) is 2.02. The topological polar surface area (TPSA) is 26.0 Å². The van der Waals surface area contributed by atoms with Crippen molar-refractivity contribution in [1.29, 1.82) is 0 Å². The maximum atomic E-state index is 5.49. The predicted molar refractivity (Wildman–Crippen MR) is 40.3 cm³/mol. The zero-order valence-electron chi connectivity index (χ0n) is 5.93. The van der Waals surface area contributed by atoms with Crippen LogP contribution in [-0.4, -0.2) is 10.9 Å². The lowest BCUT2D eigenvalue weighted by atomic mass is 10.4. The van der Waals surface area contributed by atoms with Crippen molar-refractivity contribution in [1.82, 2.24) is 4.98 Å². The third-order valence-electron chi connectivity index (χ3n) is 1.27. The van der Waals surface area contributed by atoms with Crippen LogP contribution in [0.15, 0.2) is 10.7 Å². The van der Waals surface area contributed by atoms with E-state index in [4.69, 9.17) is 16.0 Å². The number of nitrogens with zero attached hydrogens (tertiary/aromatic N) is 1. The van der Waals surface area contributed by atoms with Crippen molar-refractivity contribution in [2.45, 2.75) is 19.8 Å². The fourth-order valence-electron chi connectivity index (χ4n) is 0.707. The molecule has 1 heterocycles. The Morgan fingerprint density at radius 2 is 2.50 bits per heavy atom. The second-order valence-corrected chi connectivity index (χ2v) is 2.40. The van der Waals surface area contributed by atoms with Gasteiger partial charge in [0.1, 0.15) is 6.26 Å². The molecule has 0 radical (unpaired) electrons. The molecule has 1 aromatic rings. The number of halogens is 1. The first-order valence-corrected chi connectivity index (χ1v) is 3.89. The normalized spacial score (nSPS) is 10.2. The van der Waals surface area contributed by atoms with Gasteiger partial charge < -0.3 is 4.42 Å². The SMILES string of the molecule is CCc1coc(CCCl)n1. The largest absolute Gasteiger partial charge is 0.449 e. The molecule has 0 atom stereocenters. The molecule has 0 amide bonds. The van der Waals surface area contributed by atoms with E-state index in [1.807, 2.05) is 6.92 Å². The highest BCUT2D eigenvalue weighted by Crippen LogP contribution is 2.03. The lowest BCUT2D eigenvalue weighted by Crippen LogP contribution is -1.86. The Balaban J connectivity index is 2.59. The molecule has 0 saturated carbocycles. The molecule has 0 saturated heterocycles. The van der Waals surface area contributed by atoms with Gasteiger partial charge in [0.15, 0.2) is 5.89 Å². The van der Waals surface area contributed by atoms with Crippen molar-refractivity contribution >= 4 is 11.6 Å². The van der Waals surface area contributed by atoms with Gasteiger partial charge in [0.2, 0.25) is 0 Å². The monoisotopic (exact) mass is 159 g/mol. The summed E-state index contributed by atoms with van der Waals surface area (Å²) < 4.78 is 5.10. The van der Waals surface area contributed by atoms with E-state index in [0.29, 0.717) is 5.88 Å². The van der Waals surface area contributed by atoms with Gasteiger partial charge in [-0.3, -0.25) is 0 Å². The smallest absolute Gasteiger partial charge is 0.195 e. The van der Waals surface area contributed by atoms with Gasteiger partial charge in [0, 0.05) is 12.3 Å². The van der Waals surface area contributed by atoms with E-state index in [1.165, 1.54) is 0 Å². The molecule has 1 rings (SSSR count). The summed E-state index contributed by atoms with van der Waals surface area (Å²) >= 11 is 5.49. The molecule has 0 aromatic carbocycles. The average molecular weight is 160 g/mol. The van der Waals surface area contributed by atoms with Crippen LogP contribution in [0.2, 0.25) is 0 Å². The van der Waals surface area contributed by atoms with E-state index in [2.05, 4.69) is 4.98 Å². The molecular weight excluding hydrogens is 150 g/mol. The molecule has 3 heteroatoms. The Hall–Kier alpha value is -0.500. The summed E-state index contributed by atoms with van der Waals surface area (Å²) in [6, 6.07) is 0. The minimum absolute atomic E-state index is 0.573. The lowest BCUT2D eigenvalue weighted by molar-refractivity contribution is 0.502. The molecule has 10 heavy (non-hydrogen) atoms. The number of hydrogen-bond donors (Lipinski definition) is 0. The van der Waals surface area contributed by atoms with Gasteiger partial charge in [0.25, 0.3) is 0 Å². The molecule has 0 spiro atoms. The van der Waals surface area contributed by atoms with E-state index in [9.17, 15) is 0 Å². The summed E-state index contributed by atoms with van der Waals surface area (Å²) in [5, 5.41) is 0. The van der Waals surface area contributed by atoms with Crippen molar-refractivity contribution in [2.75, 3.05) is 5.88 Å². The zero-order valence-corrected chi connectivity index (χ0v) is 6.69. The second kappa shape index (κ2) is 3.62. The van der Waals surface area contributed by atoms with Crippen LogP contribution in [-0.2, 0) is 12.8 Å². The van der Waals surface area contributed by atoms with Crippen molar-refractivity contribution < 1.29 is 4.42 Å². The van der Waals surface area contributed by atoms with Gasteiger partial charge in [-0.25, -0.2) is 4.98 Å². The lowest BCUT2D eigenvalue weighted by Gasteiger charge is -1.84. The molecule has 1 aromatic heterocycles. The van der Waals surface area contributed by atoms with E-state index < -0.39 is 0 Å². The number of hydrogen-bond acceptors (Lipinski definition) is 2. The Morgan fingerprint density at radius 1 is 1.70 bits per heavy atom. The third kappa shape index (κ3) is 1.74. The Kier molecular flexibility index (Phi) is 2.75. The standard InChI is InChI=1S/C7H10ClNO/c1-2-6-5-10-7(9-6)3-4-8/h5H,2-4H2,1H3. The second-order valence-electron chi connectivity index (χ2n) is 2.03.